The van der Waals surface area contributed by atoms with Crippen molar-refractivity contribution < 1.29 is 9.79 Å². The van der Waals surface area contributed by atoms with Crippen LogP contribution in [0.1, 0.15) is 1.37 Å². The van der Waals surface area contributed by atoms with Crippen LogP contribution in [-0.4, -0.2) is 8.42 Å². The van der Waals surface area contributed by atoms with Gasteiger partial charge in [0.1, 0.15) is 0 Å². The molecule has 0 fully saturated rings. The molecule has 0 amide bonds. The molecule has 0 aromatic heterocycles. The van der Waals surface area contributed by atoms with E-state index in [4.69, 9.17) is 6.51 Å². The zero-order valence-electron chi connectivity index (χ0n) is 6.11. The van der Waals surface area contributed by atoms with Crippen LogP contribution < -0.4 is 5.14 Å². The molecule has 4 heteroatoms. The van der Waals surface area contributed by atoms with Crippen molar-refractivity contribution in [2.45, 2.75) is 4.90 Å². The third-order valence-corrected chi connectivity index (χ3v) is 1.85. The highest BCUT2D eigenvalue weighted by Crippen LogP contribution is 2.02. The standard InChI is InChI=1S/C6H7NO2S/c7-10(8,9)6-4-2-1-3-5-6/h1-5H,(H2,7,8,9)/i4D. The lowest BCUT2D eigenvalue weighted by molar-refractivity contribution is 0.598. The molecule has 0 atom stereocenters. The Kier molecular flexibility index (Phi) is 1.41. The third kappa shape index (κ3) is 1.55. The Morgan fingerprint density at radius 3 is 2.50 bits per heavy atom. The Balaban J connectivity index is 3.37. The molecule has 54 valence electrons. The van der Waals surface area contributed by atoms with E-state index < -0.39 is 10.0 Å². The summed E-state index contributed by atoms with van der Waals surface area (Å²) in [5.74, 6) is 0. The first-order valence-electron chi connectivity index (χ1n) is 3.10. The number of hydrogen-bond donors (Lipinski definition) is 1. The highest BCUT2D eigenvalue weighted by Gasteiger charge is 2.03. The summed E-state index contributed by atoms with van der Waals surface area (Å²) in [7, 11) is -3.72. The van der Waals surface area contributed by atoms with E-state index in [2.05, 4.69) is 0 Å². The van der Waals surface area contributed by atoms with E-state index >= 15 is 0 Å². The molecule has 3 nitrogen and oxygen atoms in total. The molecule has 0 saturated heterocycles. The molecule has 0 aliphatic rings. The van der Waals surface area contributed by atoms with Crippen molar-refractivity contribution in [2.75, 3.05) is 0 Å². The van der Waals surface area contributed by atoms with E-state index in [9.17, 15) is 8.42 Å². The second kappa shape index (κ2) is 2.40. The molecule has 1 rings (SSSR count). The fraction of sp³-hybridized carbons (Fsp3) is 0. The average Bonchev–Trinajstić information content (AvgIpc) is 1.86. The predicted molar refractivity (Wildman–Crippen MR) is 37.8 cm³/mol. The van der Waals surface area contributed by atoms with Gasteiger partial charge in [0.15, 0.2) is 0 Å². The van der Waals surface area contributed by atoms with Gasteiger partial charge in [-0.25, -0.2) is 13.6 Å². The molecule has 0 aliphatic heterocycles. The Morgan fingerprint density at radius 2 is 2.10 bits per heavy atom. The second-order valence-corrected chi connectivity index (χ2v) is 3.30. The molecule has 0 aliphatic carbocycles. The van der Waals surface area contributed by atoms with Gasteiger partial charge < -0.3 is 0 Å². The summed E-state index contributed by atoms with van der Waals surface area (Å²) < 4.78 is 28.6. The first-order chi connectivity index (χ1) is 5.02. The van der Waals surface area contributed by atoms with Gasteiger partial charge in [0.05, 0.1) is 6.27 Å². The molecule has 0 bridgehead atoms. The molecule has 0 heterocycles. The summed E-state index contributed by atoms with van der Waals surface area (Å²) in [4.78, 5) is -0.139. The molecule has 10 heavy (non-hydrogen) atoms. The number of rotatable bonds is 1. The molecule has 0 unspecified atom stereocenters. The minimum Gasteiger partial charge on any atom is -0.225 e. The van der Waals surface area contributed by atoms with Crippen LogP contribution in [-0.2, 0) is 10.0 Å². The normalized spacial score (nSPS) is 12.7. The van der Waals surface area contributed by atoms with Crippen LogP contribution in [0.15, 0.2) is 35.2 Å². The van der Waals surface area contributed by atoms with E-state index in [-0.39, 0.29) is 10.9 Å². The number of sulfonamides is 1. The highest BCUT2D eigenvalue weighted by atomic mass is 32.2. The predicted octanol–water partition coefficient (Wildman–Crippen LogP) is 0.334. The summed E-state index contributed by atoms with van der Waals surface area (Å²) >= 11 is 0. The van der Waals surface area contributed by atoms with Crippen LogP contribution in [0.3, 0.4) is 0 Å². The van der Waals surface area contributed by atoms with Crippen molar-refractivity contribution in [1.82, 2.24) is 0 Å². The van der Waals surface area contributed by atoms with E-state index in [1.165, 1.54) is 18.2 Å². The molecule has 0 saturated carbocycles. The van der Waals surface area contributed by atoms with Gasteiger partial charge >= 0.3 is 0 Å². The molecular formula is C6H7NO2S. The second-order valence-electron chi connectivity index (χ2n) is 1.77. The first-order valence-corrected chi connectivity index (χ1v) is 4.15. The quantitative estimate of drug-likeness (QED) is 0.640. The van der Waals surface area contributed by atoms with Crippen LogP contribution in [0.5, 0.6) is 0 Å². The van der Waals surface area contributed by atoms with Gasteiger partial charge in [0.2, 0.25) is 10.0 Å². The molecule has 0 spiro atoms. The fourth-order valence-corrected chi connectivity index (χ4v) is 1.05. The van der Waals surface area contributed by atoms with Crippen molar-refractivity contribution in [3.05, 3.63) is 30.3 Å². The molecule has 0 radical (unpaired) electrons. The Morgan fingerprint density at radius 1 is 1.40 bits per heavy atom. The summed E-state index contributed by atoms with van der Waals surface area (Å²) in [6.45, 7) is 0. The zero-order chi connectivity index (χ0) is 8.48. The van der Waals surface area contributed by atoms with Crippen LogP contribution in [0.2, 0.25) is 0 Å². The Bertz CT molecular complexity index is 361. The van der Waals surface area contributed by atoms with E-state index in [1.54, 1.807) is 6.07 Å². The monoisotopic (exact) mass is 158 g/mol. The largest absolute Gasteiger partial charge is 0.238 e. The average molecular weight is 158 g/mol. The van der Waals surface area contributed by atoms with Gasteiger partial charge in [-0.2, -0.15) is 0 Å². The van der Waals surface area contributed by atoms with Gasteiger partial charge in [-0.05, 0) is 12.1 Å². The lowest BCUT2D eigenvalue weighted by Gasteiger charge is -1.93. The van der Waals surface area contributed by atoms with E-state index in [0.29, 0.717) is 0 Å². The van der Waals surface area contributed by atoms with Gasteiger partial charge in [-0.3, -0.25) is 0 Å². The third-order valence-electron chi connectivity index (χ3n) is 0.987. The maximum Gasteiger partial charge on any atom is 0.238 e. The highest BCUT2D eigenvalue weighted by molar-refractivity contribution is 7.89. The van der Waals surface area contributed by atoms with Gasteiger partial charge in [-0.15, -0.1) is 0 Å². The van der Waals surface area contributed by atoms with E-state index in [0.717, 1.165) is 0 Å². The number of hydrogen-bond acceptors (Lipinski definition) is 2. The van der Waals surface area contributed by atoms with Crippen LogP contribution in [0.4, 0.5) is 0 Å². The van der Waals surface area contributed by atoms with Crippen LogP contribution in [0.25, 0.3) is 0 Å². The van der Waals surface area contributed by atoms with Gasteiger partial charge in [0, 0.05) is 0 Å². The maximum absolute atomic E-state index is 10.7. The van der Waals surface area contributed by atoms with Crippen molar-refractivity contribution in [3.8, 4) is 0 Å². The summed E-state index contributed by atoms with van der Waals surface area (Å²) in [5, 5.41) is 4.81. The lowest BCUT2D eigenvalue weighted by atomic mass is 10.4. The van der Waals surface area contributed by atoms with Crippen molar-refractivity contribution in [2.24, 2.45) is 5.14 Å². The Hall–Kier alpha value is -0.870. The van der Waals surface area contributed by atoms with Crippen LogP contribution >= 0.6 is 0 Å². The molecule has 2 N–H and O–H groups in total. The summed E-state index contributed by atoms with van der Waals surface area (Å²) in [6.07, 6.45) is 0. The van der Waals surface area contributed by atoms with Crippen LogP contribution in [0, 0.1) is 0 Å². The molecular weight excluding hydrogens is 150 g/mol. The minimum atomic E-state index is -3.72. The maximum atomic E-state index is 10.7. The smallest absolute Gasteiger partial charge is 0.225 e. The lowest BCUT2D eigenvalue weighted by Crippen LogP contribution is -2.11. The van der Waals surface area contributed by atoms with Crippen molar-refractivity contribution in [3.63, 3.8) is 0 Å². The van der Waals surface area contributed by atoms with Crippen molar-refractivity contribution in [1.29, 1.82) is 0 Å². The zero-order valence-corrected chi connectivity index (χ0v) is 5.93. The summed E-state index contributed by atoms with van der Waals surface area (Å²) in [6, 6.07) is 5.71. The first kappa shape index (κ1) is 5.88. The van der Waals surface area contributed by atoms with Crippen molar-refractivity contribution >= 4 is 10.0 Å². The number of primary sulfonamides is 1. The summed E-state index contributed by atoms with van der Waals surface area (Å²) in [5.41, 5.74) is 0. The van der Waals surface area contributed by atoms with Gasteiger partial charge in [-0.1, -0.05) is 18.2 Å². The molecule has 1 aromatic rings. The SMILES string of the molecule is [2H]c1ccccc1S(N)(=O)=O. The molecule has 1 aromatic carbocycles. The fourth-order valence-electron chi connectivity index (χ4n) is 0.554. The number of benzene rings is 1. The number of nitrogens with two attached hydrogens (primary N) is 1. The van der Waals surface area contributed by atoms with Gasteiger partial charge in [0.25, 0.3) is 0 Å². The van der Waals surface area contributed by atoms with E-state index in [1.807, 2.05) is 0 Å². The topological polar surface area (TPSA) is 60.2 Å². The minimum absolute atomic E-state index is 0.0741. The Labute approximate surface area is 60.9 Å².